The molecule has 1 aliphatic heterocycles. The van der Waals surface area contributed by atoms with Gasteiger partial charge in [-0.25, -0.2) is 0 Å². The zero-order valence-electron chi connectivity index (χ0n) is 11.7. The molecule has 0 aliphatic carbocycles. The van der Waals surface area contributed by atoms with Crippen LogP contribution in [0.1, 0.15) is 19.8 Å². The summed E-state index contributed by atoms with van der Waals surface area (Å²) in [6, 6.07) is 2.82. The van der Waals surface area contributed by atoms with Crippen LogP contribution in [-0.2, 0) is 14.4 Å². The SMILES string of the molecule is CC(C(=O)O)C(=O)NC1CCCN(c2cccnc2)C1=O. The van der Waals surface area contributed by atoms with Crippen molar-refractivity contribution in [3.63, 3.8) is 0 Å². The molecule has 1 fully saturated rings. The summed E-state index contributed by atoms with van der Waals surface area (Å²) in [6.45, 7) is 1.86. The molecule has 1 saturated heterocycles. The molecule has 2 atom stereocenters. The molecule has 2 amide bonds. The molecule has 1 aromatic rings. The summed E-state index contributed by atoms with van der Waals surface area (Å²) < 4.78 is 0. The molecule has 7 heteroatoms. The van der Waals surface area contributed by atoms with E-state index >= 15 is 0 Å². The number of hydrogen-bond donors (Lipinski definition) is 2. The third-order valence-corrected chi connectivity index (χ3v) is 3.48. The van der Waals surface area contributed by atoms with Gasteiger partial charge in [-0.15, -0.1) is 0 Å². The lowest BCUT2D eigenvalue weighted by Gasteiger charge is -2.32. The first kappa shape index (κ1) is 15.0. The molecule has 2 N–H and O–H groups in total. The van der Waals surface area contributed by atoms with E-state index in [1.54, 1.807) is 29.4 Å². The third kappa shape index (κ3) is 3.36. The molecule has 1 aromatic heterocycles. The second-order valence-electron chi connectivity index (χ2n) is 4.96. The highest BCUT2D eigenvalue weighted by Crippen LogP contribution is 2.20. The second-order valence-corrected chi connectivity index (χ2v) is 4.96. The van der Waals surface area contributed by atoms with Crippen LogP contribution in [0.2, 0.25) is 0 Å². The number of amides is 2. The number of nitrogens with zero attached hydrogens (tertiary/aromatic N) is 2. The van der Waals surface area contributed by atoms with E-state index in [1.807, 2.05) is 0 Å². The molecule has 21 heavy (non-hydrogen) atoms. The van der Waals surface area contributed by atoms with Gasteiger partial charge >= 0.3 is 5.97 Å². The lowest BCUT2D eigenvalue weighted by atomic mass is 10.0. The van der Waals surface area contributed by atoms with E-state index in [-0.39, 0.29) is 5.91 Å². The van der Waals surface area contributed by atoms with Gasteiger partial charge in [0.05, 0.1) is 11.9 Å². The topological polar surface area (TPSA) is 99.6 Å². The molecule has 0 spiro atoms. The standard InChI is InChI=1S/C14H17N3O4/c1-9(14(20)21)12(18)16-11-5-3-7-17(13(11)19)10-4-2-6-15-8-10/h2,4,6,8-9,11H,3,5,7H2,1H3,(H,16,18)(H,20,21). The van der Waals surface area contributed by atoms with Gasteiger partial charge in [-0.3, -0.25) is 19.4 Å². The van der Waals surface area contributed by atoms with Crippen molar-refractivity contribution in [3.8, 4) is 0 Å². The Morgan fingerprint density at radius 2 is 2.29 bits per heavy atom. The van der Waals surface area contributed by atoms with Gasteiger partial charge in [-0.2, -0.15) is 0 Å². The number of aliphatic carboxylic acids is 1. The number of pyridine rings is 1. The van der Waals surface area contributed by atoms with Crippen molar-refractivity contribution in [2.45, 2.75) is 25.8 Å². The van der Waals surface area contributed by atoms with Gasteiger partial charge in [0.1, 0.15) is 12.0 Å². The van der Waals surface area contributed by atoms with Gasteiger partial charge in [-0.05, 0) is 31.9 Å². The summed E-state index contributed by atoms with van der Waals surface area (Å²) in [5.41, 5.74) is 0.674. The minimum atomic E-state index is -1.21. The molecule has 2 rings (SSSR count). The van der Waals surface area contributed by atoms with Crippen molar-refractivity contribution in [1.29, 1.82) is 0 Å². The van der Waals surface area contributed by atoms with Gasteiger partial charge in [-0.1, -0.05) is 0 Å². The molecule has 2 unspecified atom stereocenters. The minimum Gasteiger partial charge on any atom is -0.481 e. The normalized spacial score (nSPS) is 20.0. The van der Waals surface area contributed by atoms with Crippen molar-refractivity contribution in [3.05, 3.63) is 24.5 Å². The van der Waals surface area contributed by atoms with Gasteiger partial charge in [0.25, 0.3) is 0 Å². The van der Waals surface area contributed by atoms with Crippen LogP contribution in [0.5, 0.6) is 0 Å². The fourth-order valence-corrected chi connectivity index (χ4v) is 2.19. The zero-order chi connectivity index (χ0) is 15.4. The summed E-state index contributed by atoms with van der Waals surface area (Å²) in [5, 5.41) is 11.3. The first-order valence-corrected chi connectivity index (χ1v) is 6.75. The maximum atomic E-state index is 12.4. The molecule has 0 bridgehead atoms. The summed E-state index contributed by atoms with van der Waals surface area (Å²) in [5.74, 6) is -3.26. The van der Waals surface area contributed by atoms with Crippen LogP contribution in [-0.4, -0.2) is 40.5 Å². The second kappa shape index (κ2) is 6.34. The van der Waals surface area contributed by atoms with E-state index in [0.717, 1.165) is 6.42 Å². The van der Waals surface area contributed by atoms with Crippen molar-refractivity contribution in [2.75, 3.05) is 11.4 Å². The van der Waals surface area contributed by atoms with Gasteiger partial charge in [0.15, 0.2) is 0 Å². The zero-order valence-corrected chi connectivity index (χ0v) is 11.7. The molecule has 7 nitrogen and oxygen atoms in total. The van der Waals surface area contributed by atoms with Gasteiger partial charge in [0, 0.05) is 12.7 Å². The predicted octanol–water partition coefficient (Wildman–Crippen LogP) is 0.414. The van der Waals surface area contributed by atoms with Crippen molar-refractivity contribution in [2.24, 2.45) is 5.92 Å². The Bertz CT molecular complexity index is 546. The number of anilines is 1. The van der Waals surface area contributed by atoms with E-state index in [2.05, 4.69) is 10.3 Å². The maximum Gasteiger partial charge on any atom is 0.315 e. The molecular formula is C14H17N3O4. The molecule has 2 heterocycles. The average Bonchev–Trinajstić information content (AvgIpc) is 2.49. The van der Waals surface area contributed by atoms with Gasteiger partial charge in [0.2, 0.25) is 11.8 Å². The average molecular weight is 291 g/mol. The lowest BCUT2D eigenvalue weighted by Crippen LogP contribution is -2.53. The third-order valence-electron chi connectivity index (χ3n) is 3.48. The highest BCUT2D eigenvalue weighted by molar-refractivity contribution is 6.02. The highest BCUT2D eigenvalue weighted by Gasteiger charge is 2.32. The van der Waals surface area contributed by atoms with Crippen LogP contribution < -0.4 is 10.2 Å². The van der Waals surface area contributed by atoms with Gasteiger partial charge < -0.3 is 15.3 Å². The molecule has 1 aliphatic rings. The number of carboxylic acids is 1. The van der Waals surface area contributed by atoms with Crippen LogP contribution in [0.4, 0.5) is 5.69 Å². The molecule has 0 radical (unpaired) electrons. The quantitative estimate of drug-likeness (QED) is 0.783. The van der Waals surface area contributed by atoms with Crippen molar-refractivity contribution < 1.29 is 19.5 Å². The maximum absolute atomic E-state index is 12.4. The molecule has 0 aromatic carbocycles. The Morgan fingerprint density at radius 1 is 1.52 bits per heavy atom. The van der Waals surface area contributed by atoms with E-state index < -0.39 is 23.8 Å². The number of rotatable bonds is 4. The van der Waals surface area contributed by atoms with E-state index in [1.165, 1.54) is 6.92 Å². The smallest absolute Gasteiger partial charge is 0.315 e. The van der Waals surface area contributed by atoms with Crippen molar-refractivity contribution in [1.82, 2.24) is 10.3 Å². The summed E-state index contributed by atoms with van der Waals surface area (Å²) in [7, 11) is 0. The number of nitrogens with one attached hydrogen (secondary N) is 1. The number of carbonyl (C=O) groups excluding carboxylic acids is 2. The highest BCUT2D eigenvalue weighted by atomic mass is 16.4. The first-order valence-electron chi connectivity index (χ1n) is 6.75. The van der Waals surface area contributed by atoms with Crippen LogP contribution in [0.25, 0.3) is 0 Å². The Hall–Kier alpha value is -2.44. The Kier molecular flexibility index (Phi) is 4.52. The van der Waals surface area contributed by atoms with E-state index in [4.69, 9.17) is 5.11 Å². The van der Waals surface area contributed by atoms with E-state index in [9.17, 15) is 14.4 Å². The Balaban J connectivity index is 2.07. The van der Waals surface area contributed by atoms with E-state index in [0.29, 0.717) is 18.7 Å². The van der Waals surface area contributed by atoms with Crippen LogP contribution in [0.15, 0.2) is 24.5 Å². The summed E-state index contributed by atoms with van der Waals surface area (Å²) in [4.78, 5) is 40.5. The summed E-state index contributed by atoms with van der Waals surface area (Å²) in [6.07, 6.45) is 4.44. The minimum absolute atomic E-state index is 0.236. The van der Waals surface area contributed by atoms with Crippen LogP contribution >= 0.6 is 0 Å². The fraction of sp³-hybridized carbons (Fsp3) is 0.429. The molecule has 0 saturated carbocycles. The summed E-state index contributed by atoms with van der Waals surface area (Å²) >= 11 is 0. The number of hydrogen-bond acceptors (Lipinski definition) is 4. The predicted molar refractivity (Wildman–Crippen MR) is 74.6 cm³/mol. The monoisotopic (exact) mass is 291 g/mol. The fourth-order valence-electron chi connectivity index (χ4n) is 2.19. The van der Waals surface area contributed by atoms with Crippen molar-refractivity contribution >= 4 is 23.5 Å². The number of carbonyl (C=O) groups is 3. The number of piperidine rings is 1. The molecule has 112 valence electrons. The lowest BCUT2D eigenvalue weighted by molar-refractivity contribution is -0.147. The Labute approximate surface area is 122 Å². The Morgan fingerprint density at radius 3 is 2.90 bits per heavy atom. The number of aromatic nitrogens is 1. The first-order chi connectivity index (χ1) is 10.0. The number of carboxylic acid groups (broad SMARTS) is 1. The van der Waals surface area contributed by atoms with Crippen LogP contribution in [0, 0.1) is 5.92 Å². The van der Waals surface area contributed by atoms with Crippen LogP contribution in [0.3, 0.4) is 0 Å². The largest absolute Gasteiger partial charge is 0.481 e. The molecular weight excluding hydrogens is 274 g/mol.